The highest BCUT2D eigenvalue weighted by Crippen LogP contribution is 2.27. The fourth-order valence-corrected chi connectivity index (χ4v) is 4.89. The molecule has 2 atom stereocenters. The van der Waals surface area contributed by atoms with E-state index in [0.717, 1.165) is 35.3 Å². The quantitative estimate of drug-likeness (QED) is 0.714. The maximum absolute atomic E-state index is 13.5. The van der Waals surface area contributed by atoms with Gasteiger partial charge >= 0.3 is 0 Å². The molecule has 180 valence electrons. The number of ether oxygens (including phenoxy) is 1. The summed E-state index contributed by atoms with van der Waals surface area (Å²) in [5.74, 6) is 0.351. The Morgan fingerprint density at radius 3 is 2.41 bits per heavy atom. The van der Waals surface area contributed by atoms with Gasteiger partial charge in [-0.1, -0.05) is 18.2 Å². The van der Waals surface area contributed by atoms with E-state index in [-0.39, 0.29) is 17.7 Å². The monoisotopic (exact) mass is 463 g/mol. The summed E-state index contributed by atoms with van der Waals surface area (Å²) in [6, 6.07) is 12.2. The predicted molar refractivity (Wildman–Crippen MR) is 130 cm³/mol. The molecule has 2 aliphatic rings. The van der Waals surface area contributed by atoms with Crippen molar-refractivity contribution in [2.45, 2.75) is 58.2 Å². The number of carbonyl (C=O) groups excluding carboxylic acids is 3. The number of benzene rings is 2. The molecule has 2 aromatic carbocycles. The zero-order chi connectivity index (χ0) is 24.2. The van der Waals surface area contributed by atoms with Crippen molar-refractivity contribution in [1.82, 2.24) is 15.1 Å². The molecule has 2 saturated heterocycles. The number of rotatable bonds is 6. The van der Waals surface area contributed by atoms with Gasteiger partial charge in [0.1, 0.15) is 17.8 Å². The average Bonchev–Trinajstić information content (AvgIpc) is 3.54. The second kappa shape index (κ2) is 10.3. The lowest BCUT2D eigenvalue weighted by molar-refractivity contribution is -0.141. The van der Waals surface area contributed by atoms with Gasteiger partial charge in [-0.15, -0.1) is 0 Å². The Labute approximate surface area is 201 Å². The summed E-state index contributed by atoms with van der Waals surface area (Å²) in [6.07, 6.45) is 2.83. The third kappa shape index (κ3) is 4.93. The summed E-state index contributed by atoms with van der Waals surface area (Å²) in [4.78, 5) is 43.1. The van der Waals surface area contributed by atoms with Crippen molar-refractivity contribution >= 4 is 17.7 Å². The van der Waals surface area contributed by atoms with E-state index < -0.39 is 12.1 Å². The minimum Gasteiger partial charge on any atom is -0.497 e. The minimum absolute atomic E-state index is 0.114. The lowest BCUT2D eigenvalue weighted by Crippen LogP contribution is -2.52. The lowest BCUT2D eigenvalue weighted by Gasteiger charge is -2.31. The highest BCUT2D eigenvalue weighted by Gasteiger charge is 2.42. The van der Waals surface area contributed by atoms with Crippen molar-refractivity contribution in [3.8, 4) is 5.75 Å². The first-order valence-corrected chi connectivity index (χ1v) is 12.0. The van der Waals surface area contributed by atoms with Crippen molar-refractivity contribution in [2.24, 2.45) is 0 Å². The first kappa shape index (κ1) is 23.8. The van der Waals surface area contributed by atoms with Gasteiger partial charge in [-0.2, -0.15) is 0 Å². The molecular formula is C27H33N3O4. The molecule has 7 nitrogen and oxygen atoms in total. The van der Waals surface area contributed by atoms with E-state index in [1.807, 2.05) is 56.3 Å². The minimum atomic E-state index is -0.513. The molecule has 0 aromatic heterocycles. The van der Waals surface area contributed by atoms with Crippen molar-refractivity contribution in [1.29, 1.82) is 0 Å². The van der Waals surface area contributed by atoms with Crippen LogP contribution in [0.2, 0.25) is 0 Å². The summed E-state index contributed by atoms with van der Waals surface area (Å²) in [5, 5.41) is 2.97. The Bertz CT molecular complexity index is 1080. The fourth-order valence-electron chi connectivity index (χ4n) is 4.89. The lowest BCUT2D eigenvalue weighted by atomic mass is 10.0. The molecule has 4 rings (SSSR count). The van der Waals surface area contributed by atoms with Gasteiger partial charge in [0.2, 0.25) is 11.8 Å². The predicted octanol–water partition coefficient (Wildman–Crippen LogP) is 3.22. The topological polar surface area (TPSA) is 79.0 Å². The maximum atomic E-state index is 13.5. The van der Waals surface area contributed by atoms with E-state index in [1.165, 1.54) is 0 Å². The van der Waals surface area contributed by atoms with Crippen LogP contribution in [0.15, 0.2) is 42.5 Å². The van der Waals surface area contributed by atoms with E-state index in [9.17, 15) is 14.4 Å². The number of methoxy groups -OCH3 is 1. The van der Waals surface area contributed by atoms with Crippen molar-refractivity contribution < 1.29 is 19.1 Å². The van der Waals surface area contributed by atoms with Gasteiger partial charge in [-0.3, -0.25) is 14.4 Å². The van der Waals surface area contributed by atoms with Crippen molar-refractivity contribution in [3.05, 3.63) is 64.7 Å². The van der Waals surface area contributed by atoms with Gasteiger partial charge < -0.3 is 19.9 Å². The Balaban J connectivity index is 1.42. The Kier molecular flexibility index (Phi) is 7.20. The van der Waals surface area contributed by atoms with E-state index in [1.54, 1.807) is 16.9 Å². The summed E-state index contributed by atoms with van der Waals surface area (Å²) in [5.41, 5.74) is 3.73. The van der Waals surface area contributed by atoms with Crippen LogP contribution < -0.4 is 10.1 Å². The number of hydrogen-bond acceptors (Lipinski definition) is 4. The molecule has 0 unspecified atom stereocenters. The van der Waals surface area contributed by atoms with Gasteiger partial charge in [-0.05, 0) is 80.5 Å². The zero-order valence-corrected chi connectivity index (χ0v) is 20.2. The van der Waals surface area contributed by atoms with Crippen LogP contribution in [-0.2, 0) is 16.1 Å². The number of nitrogens with zero attached hydrogens (tertiary/aromatic N) is 2. The molecule has 0 radical (unpaired) electrons. The standard InChI is InChI=1S/C27H33N3O4/c1-18-11-12-21(15-19(18)2)26(32)30-14-6-10-24(30)27(33)29-13-5-9-23(29)25(31)28-17-20-7-4-8-22(16-20)34-3/h4,7-8,11-12,15-16,23-24H,5-6,9-10,13-14,17H2,1-3H3,(H,28,31)/t23-,24-/m1/s1. The average molecular weight is 464 g/mol. The number of nitrogens with one attached hydrogen (secondary N) is 1. The Morgan fingerprint density at radius 1 is 0.941 bits per heavy atom. The second-order valence-electron chi connectivity index (χ2n) is 9.21. The molecule has 2 fully saturated rings. The largest absolute Gasteiger partial charge is 0.497 e. The molecule has 2 aromatic rings. The van der Waals surface area contributed by atoms with Crippen LogP contribution in [-0.4, -0.2) is 59.8 Å². The molecule has 3 amide bonds. The molecule has 0 saturated carbocycles. The van der Waals surface area contributed by atoms with Gasteiger partial charge in [-0.25, -0.2) is 0 Å². The van der Waals surface area contributed by atoms with Gasteiger partial charge in [0.25, 0.3) is 5.91 Å². The Hall–Kier alpha value is -3.35. The molecule has 34 heavy (non-hydrogen) atoms. The van der Waals surface area contributed by atoms with Crippen molar-refractivity contribution in [2.75, 3.05) is 20.2 Å². The van der Waals surface area contributed by atoms with Crippen molar-refractivity contribution in [3.63, 3.8) is 0 Å². The summed E-state index contributed by atoms with van der Waals surface area (Å²) in [6.45, 7) is 5.46. The molecule has 0 aliphatic carbocycles. The van der Waals surface area contributed by atoms with Crippen LogP contribution in [0, 0.1) is 13.8 Å². The van der Waals surface area contributed by atoms with E-state index in [4.69, 9.17) is 4.74 Å². The van der Waals surface area contributed by atoms with E-state index in [0.29, 0.717) is 38.0 Å². The summed E-state index contributed by atoms with van der Waals surface area (Å²) < 4.78 is 5.24. The van der Waals surface area contributed by atoms with Crippen LogP contribution in [0.1, 0.15) is 52.7 Å². The van der Waals surface area contributed by atoms with E-state index >= 15 is 0 Å². The number of amides is 3. The van der Waals surface area contributed by atoms with E-state index in [2.05, 4.69) is 5.32 Å². The van der Waals surface area contributed by atoms with Gasteiger partial charge in [0.05, 0.1) is 7.11 Å². The fraction of sp³-hybridized carbons (Fsp3) is 0.444. The molecular weight excluding hydrogens is 430 g/mol. The molecule has 7 heteroatoms. The number of aryl methyl sites for hydroxylation is 2. The number of likely N-dealkylation sites (tertiary alicyclic amines) is 2. The van der Waals surface area contributed by atoms with Crippen LogP contribution in [0.4, 0.5) is 0 Å². The molecule has 0 bridgehead atoms. The Morgan fingerprint density at radius 2 is 1.68 bits per heavy atom. The SMILES string of the molecule is COc1cccc(CNC(=O)[C@H]2CCCN2C(=O)[C@H]2CCCN2C(=O)c2ccc(C)c(C)c2)c1. The summed E-state index contributed by atoms with van der Waals surface area (Å²) in [7, 11) is 1.61. The van der Waals surface area contributed by atoms with Gasteiger partial charge in [0.15, 0.2) is 0 Å². The van der Waals surface area contributed by atoms with Crippen LogP contribution >= 0.6 is 0 Å². The third-order valence-electron chi connectivity index (χ3n) is 6.99. The number of carbonyl (C=O) groups is 3. The third-order valence-corrected chi connectivity index (χ3v) is 6.99. The van der Waals surface area contributed by atoms with Crippen LogP contribution in [0.5, 0.6) is 5.75 Å². The molecule has 2 heterocycles. The smallest absolute Gasteiger partial charge is 0.254 e. The molecule has 2 aliphatic heterocycles. The first-order chi connectivity index (χ1) is 16.4. The zero-order valence-electron chi connectivity index (χ0n) is 20.2. The summed E-state index contributed by atoms with van der Waals surface area (Å²) >= 11 is 0. The van der Waals surface area contributed by atoms with Gasteiger partial charge in [0, 0.05) is 25.2 Å². The molecule has 1 N–H and O–H groups in total. The normalized spacial score (nSPS) is 19.9. The highest BCUT2D eigenvalue weighted by atomic mass is 16.5. The first-order valence-electron chi connectivity index (χ1n) is 12.0. The van der Waals surface area contributed by atoms with Crippen LogP contribution in [0.25, 0.3) is 0 Å². The second-order valence-corrected chi connectivity index (χ2v) is 9.21. The van der Waals surface area contributed by atoms with Crippen LogP contribution in [0.3, 0.4) is 0 Å². The highest BCUT2D eigenvalue weighted by molar-refractivity contribution is 5.99. The maximum Gasteiger partial charge on any atom is 0.254 e. The number of hydrogen-bond donors (Lipinski definition) is 1. The molecule has 0 spiro atoms.